The Hall–Kier alpha value is -1.56. The van der Waals surface area contributed by atoms with Gasteiger partial charge in [-0.25, -0.2) is 4.79 Å². The summed E-state index contributed by atoms with van der Waals surface area (Å²) in [6.07, 6.45) is 6.66. The van der Waals surface area contributed by atoms with E-state index >= 15 is 0 Å². The molecule has 0 atom stereocenters. The van der Waals surface area contributed by atoms with Gasteiger partial charge in [0.2, 0.25) is 0 Å². The summed E-state index contributed by atoms with van der Waals surface area (Å²) < 4.78 is 15.3. The van der Waals surface area contributed by atoms with E-state index in [1.807, 2.05) is 0 Å². The SMILES string of the molecule is CCOC(=O)c1coc(OCC2(N)CCCCC2)n1. The molecule has 1 fully saturated rings. The Morgan fingerprint density at radius 3 is 2.89 bits per heavy atom. The van der Waals surface area contributed by atoms with Gasteiger partial charge in [-0.3, -0.25) is 0 Å². The summed E-state index contributed by atoms with van der Waals surface area (Å²) in [5.41, 5.74) is 6.04. The van der Waals surface area contributed by atoms with Crippen LogP contribution in [0.2, 0.25) is 0 Å². The maximum Gasteiger partial charge on any atom is 0.394 e. The van der Waals surface area contributed by atoms with E-state index in [1.165, 1.54) is 12.7 Å². The lowest BCUT2D eigenvalue weighted by atomic mass is 9.83. The van der Waals surface area contributed by atoms with Crippen LogP contribution in [0.1, 0.15) is 49.5 Å². The number of esters is 1. The van der Waals surface area contributed by atoms with Crippen molar-refractivity contribution in [3.05, 3.63) is 12.0 Å². The topological polar surface area (TPSA) is 87.6 Å². The molecule has 106 valence electrons. The number of carbonyl (C=O) groups is 1. The summed E-state index contributed by atoms with van der Waals surface area (Å²) in [5, 5.41) is 0. The highest BCUT2D eigenvalue weighted by molar-refractivity contribution is 5.86. The summed E-state index contributed by atoms with van der Waals surface area (Å²) in [6, 6.07) is 0. The number of ether oxygens (including phenoxy) is 2. The second kappa shape index (κ2) is 6.06. The van der Waals surface area contributed by atoms with Crippen molar-refractivity contribution in [2.75, 3.05) is 13.2 Å². The van der Waals surface area contributed by atoms with Gasteiger partial charge in [-0.2, -0.15) is 4.98 Å². The number of oxazole rings is 1. The third kappa shape index (κ3) is 3.70. The number of rotatable bonds is 5. The molecular formula is C13H20N2O4. The summed E-state index contributed by atoms with van der Waals surface area (Å²) >= 11 is 0. The smallest absolute Gasteiger partial charge is 0.394 e. The molecule has 1 aromatic rings. The molecule has 6 nitrogen and oxygen atoms in total. The molecule has 2 N–H and O–H groups in total. The van der Waals surface area contributed by atoms with Gasteiger partial charge in [-0.1, -0.05) is 19.3 Å². The van der Waals surface area contributed by atoms with Gasteiger partial charge in [0, 0.05) is 0 Å². The van der Waals surface area contributed by atoms with Crippen LogP contribution in [0.5, 0.6) is 6.08 Å². The number of carbonyl (C=O) groups excluding carboxylic acids is 1. The van der Waals surface area contributed by atoms with Crippen LogP contribution < -0.4 is 10.5 Å². The van der Waals surface area contributed by atoms with Crippen LogP contribution in [0.25, 0.3) is 0 Å². The zero-order chi connectivity index (χ0) is 13.7. The molecule has 2 rings (SSSR count). The quantitative estimate of drug-likeness (QED) is 0.820. The molecule has 0 amide bonds. The summed E-state index contributed by atoms with van der Waals surface area (Å²) in [4.78, 5) is 15.3. The number of hydrogen-bond acceptors (Lipinski definition) is 6. The Kier molecular flexibility index (Phi) is 4.42. The van der Waals surface area contributed by atoms with Crippen LogP contribution in [0.3, 0.4) is 0 Å². The van der Waals surface area contributed by atoms with E-state index in [4.69, 9.17) is 19.6 Å². The van der Waals surface area contributed by atoms with E-state index in [-0.39, 0.29) is 17.3 Å². The summed E-state index contributed by atoms with van der Waals surface area (Å²) in [6.45, 7) is 2.39. The fourth-order valence-corrected chi connectivity index (χ4v) is 2.23. The highest BCUT2D eigenvalue weighted by Crippen LogP contribution is 2.26. The number of hydrogen-bond donors (Lipinski definition) is 1. The molecule has 1 aliphatic carbocycles. The Balaban J connectivity index is 1.87. The second-order valence-electron chi connectivity index (χ2n) is 4.93. The van der Waals surface area contributed by atoms with E-state index in [1.54, 1.807) is 6.92 Å². The van der Waals surface area contributed by atoms with Gasteiger partial charge in [-0.05, 0) is 19.8 Å². The molecule has 0 spiro atoms. The molecule has 1 heterocycles. The molecule has 0 radical (unpaired) electrons. The van der Waals surface area contributed by atoms with Crippen LogP contribution in [0, 0.1) is 0 Å². The van der Waals surface area contributed by atoms with Crippen molar-refractivity contribution in [2.24, 2.45) is 5.73 Å². The second-order valence-corrected chi connectivity index (χ2v) is 4.93. The van der Waals surface area contributed by atoms with Crippen LogP contribution in [0.15, 0.2) is 10.7 Å². The van der Waals surface area contributed by atoms with E-state index < -0.39 is 5.97 Å². The van der Waals surface area contributed by atoms with Crippen molar-refractivity contribution in [1.82, 2.24) is 4.98 Å². The highest BCUT2D eigenvalue weighted by Gasteiger charge is 2.29. The van der Waals surface area contributed by atoms with Gasteiger partial charge in [0.05, 0.1) is 12.1 Å². The fraction of sp³-hybridized carbons (Fsp3) is 0.692. The lowest BCUT2D eigenvalue weighted by Crippen LogP contribution is -2.47. The first-order valence-corrected chi connectivity index (χ1v) is 6.67. The van der Waals surface area contributed by atoms with E-state index in [0.29, 0.717) is 13.2 Å². The van der Waals surface area contributed by atoms with Crippen LogP contribution in [0.4, 0.5) is 0 Å². The molecule has 6 heteroatoms. The van der Waals surface area contributed by atoms with Gasteiger partial charge in [0.25, 0.3) is 0 Å². The molecule has 0 bridgehead atoms. The predicted molar refractivity (Wildman–Crippen MR) is 68.0 cm³/mol. The maximum atomic E-state index is 11.4. The van der Waals surface area contributed by atoms with Crippen molar-refractivity contribution in [3.63, 3.8) is 0 Å². The average molecular weight is 268 g/mol. The zero-order valence-corrected chi connectivity index (χ0v) is 11.2. The van der Waals surface area contributed by atoms with Crippen molar-refractivity contribution in [2.45, 2.75) is 44.6 Å². The molecule has 0 aromatic carbocycles. The van der Waals surface area contributed by atoms with Crippen LogP contribution in [-0.4, -0.2) is 29.7 Å². The Labute approximate surface area is 112 Å². The van der Waals surface area contributed by atoms with Crippen molar-refractivity contribution in [3.8, 4) is 6.08 Å². The number of nitrogens with zero attached hydrogens (tertiary/aromatic N) is 1. The fourth-order valence-electron chi connectivity index (χ4n) is 2.23. The van der Waals surface area contributed by atoms with Crippen molar-refractivity contribution >= 4 is 5.97 Å². The van der Waals surface area contributed by atoms with Gasteiger partial charge < -0.3 is 19.6 Å². The monoisotopic (exact) mass is 268 g/mol. The molecule has 0 saturated heterocycles. The van der Waals surface area contributed by atoms with Crippen molar-refractivity contribution < 1.29 is 18.7 Å². The minimum atomic E-state index is -0.513. The third-order valence-electron chi connectivity index (χ3n) is 3.30. The predicted octanol–water partition coefficient (Wildman–Crippen LogP) is 1.89. The Morgan fingerprint density at radius 1 is 1.47 bits per heavy atom. The molecule has 19 heavy (non-hydrogen) atoms. The van der Waals surface area contributed by atoms with Crippen LogP contribution >= 0.6 is 0 Å². The van der Waals surface area contributed by atoms with Crippen LogP contribution in [-0.2, 0) is 4.74 Å². The first-order chi connectivity index (χ1) is 9.13. The largest absolute Gasteiger partial charge is 0.461 e. The zero-order valence-electron chi connectivity index (χ0n) is 11.2. The van der Waals surface area contributed by atoms with E-state index in [2.05, 4.69) is 4.98 Å². The minimum absolute atomic E-state index is 0.0680. The lowest BCUT2D eigenvalue weighted by molar-refractivity contribution is 0.0519. The summed E-state index contributed by atoms with van der Waals surface area (Å²) in [7, 11) is 0. The first-order valence-electron chi connectivity index (χ1n) is 6.67. The molecule has 0 unspecified atom stereocenters. The van der Waals surface area contributed by atoms with E-state index in [9.17, 15) is 4.79 Å². The Morgan fingerprint density at radius 2 is 2.21 bits per heavy atom. The maximum absolute atomic E-state index is 11.4. The molecule has 1 aromatic heterocycles. The number of nitrogens with two attached hydrogens (primary N) is 1. The van der Waals surface area contributed by atoms with E-state index in [0.717, 1.165) is 25.7 Å². The molecular weight excluding hydrogens is 248 g/mol. The van der Waals surface area contributed by atoms with Gasteiger partial charge in [0.15, 0.2) is 5.69 Å². The first kappa shape index (κ1) is 13.9. The minimum Gasteiger partial charge on any atom is -0.461 e. The average Bonchev–Trinajstić information content (AvgIpc) is 2.87. The summed E-state index contributed by atoms with van der Waals surface area (Å²) in [5.74, 6) is -0.513. The number of aromatic nitrogens is 1. The highest BCUT2D eigenvalue weighted by atomic mass is 16.6. The van der Waals surface area contributed by atoms with Crippen molar-refractivity contribution in [1.29, 1.82) is 0 Å². The Bertz CT molecular complexity index is 424. The van der Waals surface area contributed by atoms with Gasteiger partial charge in [-0.15, -0.1) is 0 Å². The third-order valence-corrected chi connectivity index (χ3v) is 3.30. The standard InChI is InChI=1S/C13H20N2O4/c1-2-17-11(16)10-8-18-12(15-10)19-9-13(14)6-4-3-5-7-13/h8H,2-7,9,14H2,1H3. The molecule has 1 aliphatic rings. The van der Waals surface area contributed by atoms with Gasteiger partial charge >= 0.3 is 12.0 Å². The van der Waals surface area contributed by atoms with Gasteiger partial charge in [0.1, 0.15) is 12.9 Å². The lowest BCUT2D eigenvalue weighted by Gasteiger charge is -2.32. The molecule has 1 saturated carbocycles. The normalized spacial score (nSPS) is 18.0. The molecule has 0 aliphatic heterocycles.